The molecule has 236 valence electrons. The number of non-ortho nitro benzene ring substituents is 1. The third-order valence-corrected chi connectivity index (χ3v) is 7.73. The second-order valence-corrected chi connectivity index (χ2v) is 11.4. The summed E-state index contributed by atoms with van der Waals surface area (Å²) in [7, 11) is 0. The lowest BCUT2D eigenvalue weighted by molar-refractivity contribution is -0.384. The maximum absolute atomic E-state index is 13.3. The summed E-state index contributed by atoms with van der Waals surface area (Å²) in [5, 5.41) is 25.8. The third kappa shape index (κ3) is 7.49. The number of ether oxygens (including phenoxy) is 2. The van der Waals surface area contributed by atoms with Crippen LogP contribution >= 0.6 is 0 Å². The number of carbonyl (C=O) groups excluding carboxylic acids is 2. The Morgan fingerprint density at radius 3 is 2.13 bits per heavy atom. The third-order valence-electron chi connectivity index (χ3n) is 7.73. The number of rotatable bonds is 11. The van der Waals surface area contributed by atoms with Crippen molar-refractivity contribution in [2.75, 3.05) is 11.9 Å². The lowest BCUT2D eigenvalue weighted by Crippen LogP contribution is -2.45. The Labute approximate surface area is 265 Å². The molecule has 0 bridgehead atoms. The number of amides is 2. The largest absolute Gasteiger partial charge is 0.511 e. The molecule has 2 amide bonds. The predicted octanol–water partition coefficient (Wildman–Crippen LogP) is 7.13. The summed E-state index contributed by atoms with van der Waals surface area (Å²) < 4.78 is 10.4. The van der Waals surface area contributed by atoms with Crippen molar-refractivity contribution in [2.24, 2.45) is 5.92 Å². The Morgan fingerprint density at radius 1 is 0.913 bits per heavy atom. The van der Waals surface area contributed by atoms with E-state index in [-0.39, 0.29) is 36.3 Å². The smallest absolute Gasteiger partial charge is 0.449 e. The van der Waals surface area contributed by atoms with E-state index in [2.05, 4.69) is 22.8 Å². The van der Waals surface area contributed by atoms with E-state index in [9.17, 15) is 24.5 Å². The zero-order valence-electron chi connectivity index (χ0n) is 25.3. The van der Waals surface area contributed by atoms with Crippen molar-refractivity contribution < 1.29 is 33.9 Å². The molecule has 0 radical (unpaired) electrons. The summed E-state index contributed by atoms with van der Waals surface area (Å²) >= 11 is 0. The van der Waals surface area contributed by atoms with Crippen molar-refractivity contribution in [2.45, 2.75) is 38.6 Å². The molecule has 1 aliphatic carbocycles. The molecule has 1 aliphatic rings. The highest BCUT2D eigenvalue weighted by Gasteiger charge is 2.30. The number of hydrogen-bond donors (Lipinski definition) is 3. The average molecular weight is 624 g/mol. The minimum atomic E-state index is -1.53. The van der Waals surface area contributed by atoms with Crippen LogP contribution < -0.4 is 15.4 Å². The molecule has 11 nitrogen and oxygen atoms in total. The zero-order chi connectivity index (χ0) is 32.8. The van der Waals surface area contributed by atoms with Gasteiger partial charge < -0.3 is 25.2 Å². The number of hydrogen-bond acceptors (Lipinski definition) is 7. The molecule has 11 heteroatoms. The van der Waals surface area contributed by atoms with Gasteiger partial charge in [-0.3, -0.25) is 14.9 Å². The van der Waals surface area contributed by atoms with Crippen molar-refractivity contribution in [3.63, 3.8) is 0 Å². The van der Waals surface area contributed by atoms with Crippen molar-refractivity contribution >= 4 is 29.5 Å². The summed E-state index contributed by atoms with van der Waals surface area (Å²) in [6, 6.07) is 25.6. The predicted molar refractivity (Wildman–Crippen MR) is 171 cm³/mol. The monoisotopic (exact) mass is 623 g/mol. The highest BCUT2D eigenvalue weighted by atomic mass is 16.7. The van der Waals surface area contributed by atoms with Crippen LogP contribution in [0.3, 0.4) is 0 Å². The second kappa shape index (κ2) is 13.9. The van der Waals surface area contributed by atoms with E-state index >= 15 is 0 Å². The van der Waals surface area contributed by atoms with E-state index in [1.54, 1.807) is 24.3 Å². The van der Waals surface area contributed by atoms with Crippen molar-refractivity contribution in [1.82, 2.24) is 5.32 Å². The van der Waals surface area contributed by atoms with Gasteiger partial charge in [-0.25, -0.2) is 9.59 Å². The van der Waals surface area contributed by atoms with Gasteiger partial charge in [-0.15, -0.1) is 0 Å². The van der Waals surface area contributed by atoms with E-state index in [0.29, 0.717) is 23.2 Å². The molecule has 46 heavy (non-hydrogen) atoms. The molecule has 4 aromatic carbocycles. The fourth-order valence-electron chi connectivity index (χ4n) is 5.65. The standard InChI is InChI=1S/C35H33N3O8/c1-21(2)17-31(37-34(40)45-20-30-28-9-5-3-7-26(28)27-8-4-6-10-29(27)30)33(39)36-24-13-11-22(12-14-24)18-23-19-25(38(43)44)15-16-32(23)46-35(41)42/h3-16,19,21,30-31H,17-18,20H2,1-2H3,(H,36,39)(H,37,40)(H,41,42)/t31-/m0/s1. The molecule has 0 aliphatic heterocycles. The number of nitro benzene ring substituents is 1. The molecule has 0 fully saturated rings. The first-order valence-corrected chi connectivity index (χ1v) is 14.8. The molecule has 0 unspecified atom stereocenters. The minimum absolute atomic E-state index is 0.00804. The number of nitrogens with one attached hydrogen (secondary N) is 2. The SMILES string of the molecule is CC(C)C[C@H](NC(=O)OCC1c2ccccc2-c2ccccc21)C(=O)Nc1ccc(Cc2cc([N+](=O)[O-])ccc2OC(=O)O)cc1. The van der Waals surface area contributed by atoms with Crippen LogP contribution in [0.25, 0.3) is 11.1 Å². The lowest BCUT2D eigenvalue weighted by Gasteiger charge is -2.21. The van der Waals surface area contributed by atoms with Gasteiger partial charge in [0.15, 0.2) is 0 Å². The normalized spacial score (nSPS) is 12.5. The average Bonchev–Trinajstić information content (AvgIpc) is 3.34. The molecular formula is C35H33N3O8. The molecular weight excluding hydrogens is 590 g/mol. The van der Waals surface area contributed by atoms with E-state index in [1.165, 1.54) is 18.2 Å². The molecule has 5 rings (SSSR count). The lowest BCUT2D eigenvalue weighted by atomic mass is 9.98. The molecule has 0 saturated carbocycles. The van der Waals surface area contributed by atoms with Crippen LogP contribution in [0.15, 0.2) is 91.0 Å². The van der Waals surface area contributed by atoms with Crippen molar-refractivity contribution in [3.05, 3.63) is 123 Å². The van der Waals surface area contributed by atoms with Gasteiger partial charge in [-0.05, 0) is 58.4 Å². The van der Waals surface area contributed by atoms with Gasteiger partial charge in [0, 0.05) is 35.7 Å². The van der Waals surface area contributed by atoms with Gasteiger partial charge in [0.05, 0.1) is 4.92 Å². The number of carbonyl (C=O) groups is 3. The van der Waals surface area contributed by atoms with Crippen LogP contribution in [0.2, 0.25) is 0 Å². The summed E-state index contributed by atoms with van der Waals surface area (Å²) in [6.07, 6.45) is -1.68. The molecule has 0 spiro atoms. The molecule has 0 saturated heterocycles. The molecule has 0 aromatic heterocycles. The van der Waals surface area contributed by atoms with Gasteiger partial charge in [-0.2, -0.15) is 0 Å². The highest BCUT2D eigenvalue weighted by molar-refractivity contribution is 5.96. The Kier molecular flexibility index (Phi) is 9.61. The first kappa shape index (κ1) is 31.7. The van der Waals surface area contributed by atoms with E-state index < -0.39 is 29.1 Å². The maximum atomic E-state index is 13.3. The highest BCUT2D eigenvalue weighted by Crippen LogP contribution is 2.44. The second-order valence-electron chi connectivity index (χ2n) is 11.4. The number of benzene rings is 4. The summed E-state index contributed by atoms with van der Waals surface area (Å²) in [5.74, 6) is -0.427. The number of carboxylic acid groups (broad SMARTS) is 1. The zero-order valence-corrected chi connectivity index (χ0v) is 25.3. The summed E-state index contributed by atoms with van der Waals surface area (Å²) in [5.41, 5.74) is 5.71. The van der Waals surface area contributed by atoms with Gasteiger partial charge >= 0.3 is 12.2 Å². The van der Waals surface area contributed by atoms with Crippen molar-refractivity contribution in [3.8, 4) is 16.9 Å². The minimum Gasteiger partial charge on any atom is -0.449 e. The molecule has 0 heterocycles. The van der Waals surface area contributed by atoms with Crippen LogP contribution in [0.5, 0.6) is 5.75 Å². The van der Waals surface area contributed by atoms with E-state index in [4.69, 9.17) is 14.6 Å². The van der Waals surface area contributed by atoms with E-state index in [0.717, 1.165) is 22.3 Å². The number of anilines is 1. The first-order valence-electron chi connectivity index (χ1n) is 14.8. The van der Waals surface area contributed by atoms with Crippen LogP contribution in [0.1, 0.15) is 48.4 Å². The Bertz CT molecular complexity index is 1720. The topological polar surface area (TPSA) is 157 Å². The number of nitrogens with zero attached hydrogens (tertiary/aromatic N) is 1. The number of nitro groups is 1. The van der Waals surface area contributed by atoms with Crippen LogP contribution in [0, 0.1) is 16.0 Å². The number of alkyl carbamates (subject to hydrolysis) is 1. The molecule has 3 N–H and O–H groups in total. The van der Waals surface area contributed by atoms with E-state index in [1.807, 2.05) is 50.2 Å². The van der Waals surface area contributed by atoms with Crippen LogP contribution in [0.4, 0.5) is 21.0 Å². The first-order chi connectivity index (χ1) is 22.1. The van der Waals surface area contributed by atoms with Crippen LogP contribution in [-0.4, -0.2) is 40.8 Å². The quantitative estimate of drug-likeness (QED) is 0.0689. The van der Waals surface area contributed by atoms with Gasteiger partial charge in [-0.1, -0.05) is 74.5 Å². The Morgan fingerprint density at radius 2 is 1.54 bits per heavy atom. The fourth-order valence-corrected chi connectivity index (χ4v) is 5.65. The number of fused-ring (bicyclic) bond motifs is 3. The fraction of sp³-hybridized carbons (Fsp3) is 0.229. The summed E-state index contributed by atoms with van der Waals surface area (Å²) in [4.78, 5) is 48.0. The van der Waals surface area contributed by atoms with Gasteiger partial charge in [0.25, 0.3) is 5.69 Å². The molecule has 1 atom stereocenters. The Hall–Kier alpha value is -5.71. The van der Waals surface area contributed by atoms with Crippen molar-refractivity contribution in [1.29, 1.82) is 0 Å². The Balaban J connectivity index is 1.22. The van der Waals surface area contributed by atoms with Gasteiger partial charge in [0.1, 0.15) is 18.4 Å². The maximum Gasteiger partial charge on any atom is 0.511 e. The molecule has 4 aromatic rings. The summed E-state index contributed by atoms with van der Waals surface area (Å²) in [6.45, 7) is 4.02. The van der Waals surface area contributed by atoms with Gasteiger partial charge in [0.2, 0.25) is 5.91 Å². The van der Waals surface area contributed by atoms with Crippen LogP contribution in [-0.2, 0) is 16.0 Å².